The maximum atomic E-state index is 5.73. The van der Waals surface area contributed by atoms with E-state index in [0.717, 1.165) is 18.2 Å². The third kappa shape index (κ3) is 3.65. The molecule has 0 radical (unpaired) electrons. The monoisotopic (exact) mass is 253 g/mol. The third-order valence-corrected chi connectivity index (χ3v) is 3.81. The van der Waals surface area contributed by atoms with Crippen molar-refractivity contribution in [3.8, 4) is 0 Å². The van der Waals surface area contributed by atoms with Gasteiger partial charge in [-0.25, -0.2) is 4.98 Å². The fourth-order valence-corrected chi connectivity index (χ4v) is 2.71. The lowest BCUT2D eigenvalue weighted by molar-refractivity contribution is 0.156. The van der Waals surface area contributed by atoms with Crippen molar-refractivity contribution >= 4 is 11.6 Å². The number of nitrogens with zero attached hydrogens (tertiary/aromatic N) is 3. The van der Waals surface area contributed by atoms with Gasteiger partial charge in [0.2, 0.25) is 0 Å². The highest BCUT2D eigenvalue weighted by Gasteiger charge is 2.22. The van der Waals surface area contributed by atoms with Gasteiger partial charge in [-0.05, 0) is 25.8 Å². The van der Waals surface area contributed by atoms with Crippen molar-refractivity contribution in [1.82, 2.24) is 14.9 Å². The van der Waals surface area contributed by atoms with E-state index in [2.05, 4.69) is 28.8 Å². The van der Waals surface area contributed by atoms with Crippen LogP contribution in [0.25, 0.3) is 0 Å². The molecule has 0 aromatic carbocycles. The van der Waals surface area contributed by atoms with Gasteiger partial charge in [-0.1, -0.05) is 31.4 Å². The summed E-state index contributed by atoms with van der Waals surface area (Å²) in [7, 11) is 2.18. The molecule has 1 aromatic heterocycles. The molecule has 0 N–H and O–H groups in total. The van der Waals surface area contributed by atoms with Gasteiger partial charge in [-0.2, -0.15) is 0 Å². The van der Waals surface area contributed by atoms with Crippen LogP contribution >= 0.6 is 11.6 Å². The third-order valence-electron chi connectivity index (χ3n) is 3.62. The van der Waals surface area contributed by atoms with Crippen LogP contribution in [0.3, 0.4) is 0 Å². The molecule has 17 heavy (non-hydrogen) atoms. The Bertz CT molecular complexity index is 352. The van der Waals surface area contributed by atoms with Gasteiger partial charge < -0.3 is 0 Å². The molecule has 1 aliphatic carbocycles. The molecule has 0 amide bonds. The zero-order valence-corrected chi connectivity index (χ0v) is 11.3. The van der Waals surface area contributed by atoms with Gasteiger partial charge in [0, 0.05) is 12.6 Å². The van der Waals surface area contributed by atoms with E-state index >= 15 is 0 Å². The highest BCUT2D eigenvalue weighted by atomic mass is 35.5. The van der Waals surface area contributed by atoms with Crippen LogP contribution in [-0.2, 0) is 6.54 Å². The predicted octanol–water partition coefficient (Wildman–Crippen LogP) is 3.14. The Morgan fingerprint density at radius 1 is 1.35 bits per heavy atom. The highest BCUT2D eigenvalue weighted by Crippen LogP contribution is 2.27. The van der Waals surface area contributed by atoms with Crippen molar-refractivity contribution in [3.63, 3.8) is 0 Å². The van der Waals surface area contributed by atoms with Crippen LogP contribution in [0.2, 0.25) is 5.15 Å². The van der Waals surface area contributed by atoms with Gasteiger partial charge in [0.1, 0.15) is 5.15 Å². The molecule has 0 spiro atoms. The summed E-state index contributed by atoms with van der Waals surface area (Å²) >= 11 is 5.73. The van der Waals surface area contributed by atoms with E-state index in [1.165, 1.54) is 25.7 Å². The van der Waals surface area contributed by atoms with E-state index in [0.29, 0.717) is 11.2 Å². The molecule has 0 saturated heterocycles. The molecule has 0 aliphatic heterocycles. The van der Waals surface area contributed by atoms with Crippen LogP contribution < -0.4 is 0 Å². The predicted molar refractivity (Wildman–Crippen MR) is 69.9 cm³/mol. The van der Waals surface area contributed by atoms with E-state index in [-0.39, 0.29) is 0 Å². The standard InChI is InChI=1S/C13H20ClN3/c1-10-4-3-5-12(6-10)17(2)9-11-7-16-13(14)8-15-11/h7-8,10,12H,3-6,9H2,1-2H3. The molecule has 1 saturated carbocycles. The quantitative estimate of drug-likeness (QED) is 0.829. The summed E-state index contributed by atoms with van der Waals surface area (Å²) in [6, 6.07) is 0.691. The Balaban J connectivity index is 1.91. The number of aromatic nitrogens is 2. The highest BCUT2D eigenvalue weighted by molar-refractivity contribution is 6.29. The molecule has 2 atom stereocenters. The van der Waals surface area contributed by atoms with Crippen molar-refractivity contribution in [3.05, 3.63) is 23.2 Å². The summed E-state index contributed by atoms with van der Waals surface area (Å²) in [5, 5.41) is 0.461. The molecule has 3 nitrogen and oxygen atoms in total. The SMILES string of the molecule is CC1CCCC(N(C)Cc2cnc(Cl)cn2)C1. The molecular formula is C13H20ClN3. The summed E-state index contributed by atoms with van der Waals surface area (Å²) in [4.78, 5) is 10.8. The summed E-state index contributed by atoms with van der Waals surface area (Å²) in [5.74, 6) is 0.854. The lowest BCUT2D eigenvalue weighted by Crippen LogP contribution is -2.35. The molecular weight excluding hydrogens is 234 g/mol. The van der Waals surface area contributed by atoms with Gasteiger partial charge in [-0.3, -0.25) is 9.88 Å². The second-order valence-electron chi connectivity index (χ2n) is 5.17. The summed E-state index contributed by atoms with van der Waals surface area (Å²) in [6.07, 6.45) is 8.73. The zero-order chi connectivity index (χ0) is 12.3. The van der Waals surface area contributed by atoms with E-state index in [9.17, 15) is 0 Å². The number of halogens is 1. The average molecular weight is 254 g/mol. The summed E-state index contributed by atoms with van der Waals surface area (Å²) in [6.45, 7) is 3.21. The lowest BCUT2D eigenvalue weighted by atomic mass is 9.86. The molecule has 1 fully saturated rings. The number of hydrogen-bond acceptors (Lipinski definition) is 3. The van der Waals surface area contributed by atoms with Gasteiger partial charge in [0.05, 0.1) is 18.1 Å². The Morgan fingerprint density at radius 2 is 2.18 bits per heavy atom. The van der Waals surface area contributed by atoms with E-state index < -0.39 is 0 Å². The fourth-order valence-electron chi connectivity index (χ4n) is 2.61. The second-order valence-corrected chi connectivity index (χ2v) is 5.56. The van der Waals surface area contributed by atoms with Crippen molar-refractivity contribution in [2.24, 2.45) is 5.92 Å². The van der Waals surface area contributed by atoms with Crippen LogP contribution in [0.15, 0.2) is 12.4 Å². The maximum Gasteiger partial charge on any atom is 0.147 e. The molecule has 4 heteroatoms. The van der Waals surface area contributed by atoms with Crippen LogP contribution in [0.1, 0.15) is 38.3 Å². The number of rotatable bonds is 3. The fraction of sp³-hybridized carbons (Fsp3) is 0.692. The van der Waals surface area contributed by atoms with Gasteiger partial charge >= 0.3 is 0 Å². The Hall–Kier alpha value is -0.670. The Kier molecular flexibility index (Phi) is 4.35. The Labute approximate surface area is 108 Å². The molecule has 1 aliphatic rings. The van der Waals surface area contributed by atoms with E-state index in [4.69, 9.17) is 11.6 Å². The van der Waals surface area contributed by atoms with Crippen molar-refractivity contribution in [1.29, 1.82) is 0 Å². The van der Waals surface area contributed by atoms with Crippen molar-refractivity contribution in [2.45, 2.75) is 45.2 Å². The minimum Gasteiger partial charge on any atom is -0.298 e. The first-order valence-corrected chi connectivity index (χ1v) is 6.69. The molecule has 94 valence electrons. The minimum atomic E-state index is 0.461. The van der Waals surface area contributed by atoms with Crippen molar-refractivity contribution < 1.29 is 0 Å². The van der Waals surface area contributed by atoms with Gasteiger partial charge in [-0.15, -0.1) is 0 Å². The topological polar surface area (TPSA) is 29.0 Å². The molecule has 0 bridgehead atoms. The second kappa shape index (κ2) is 5.78. The normalized spacial score (nSPS) is 25.2. The zero-order valence-electron chi connectivity index (χ0n) is 10.6. The van der Waals surface area contributed by atoms with E-state index in [1.807, 2.05) is 0 Å². The minimum absolute atomic E-state index is 0.461. The van der Waals surface area contributed by atoms with Crippen LogP contribution in [0.5, 0.6) is 0 Å². The Morgan fingerprint density at radius 3 is 2.82 bits per heavy atom. The number of hydrogen-bond donors (Lipinski definition) is 0. The maximum absolute atomic E-state index is 5.73. The first kappa shape index (κ1) is 12.8. The summed E-state index contributed by atoms with van der Waals surface area (Å²) < 4.78 is 0. The summed E-state index contributed by atoms with van der Waals surface area (Å²) in [5.41, 5.74) is 0.995. The van der Waals surface area contributed by atoms with Crippen LogP contribution in [0, 0.1) is 5.92 Å². The van der Waals surface area contributed by atoms with Gasteiger partial charge in [0.15, 0.2) is 0 Å². The molecule has 2 unspecified atom stereocenters. The molecule has 1 aromatic rings. The first-order valence-electron chi connectivity index (χ1n) is 6.32. The van der Waals surface area contributed by atoms with Crippen LogP contribution in [0.4, 0.5) is 0 Å². The van der Waals surface area contributed by atoms with Gasteiger partial charge in [0.25, 0.3) is 0 Å². The smallest absolute Gasteiger partial charge is 0.147 e. The van der Waals surface area contributed by atoms with Crippen LogP contribution in [-0.4, -0.2) is 28.0 Å². The average Bonchev–Trinajstić information content (AvgIpc) is 2.32. The lowest BCUT2D eigenvalue weighted by Gasteiger charge is -2.33. The van der Waals surface area contributed by atoms with E-state index in [1.54, 1.807) is 12.4 Å². The molecule has 2 rings (SSSR count). The molecule has 1 heterocycles. The first-order chi connectivity index (χ1) is 8.15. The largest absolute Gasteiger partial charge is 0.298 e. The van der Waals surface area contributed by atoms with Crippen molar-refractivity contribution in [2.75, 3.05) is 7.05 Å².